The molecule has 0 aliphatic rings. The molecule has 4 nitrogen and oxygen atoms in total. The zero-order chi connectivity index (χ0) is 11.6. The van der Waals surface area contributed by atoms with E-state index < -0.39 is 6.36 Å². The Hall–Kier alpha value is -2.05. The van der Waals surface area contributed by atoms with Crippen LogP contribution in [0.15, 0.2) is 28.8 Å². The van der Waals surface area contributed by atoms with Gasteiger partial charge >= 0.3 is 12.8 Å². The van der Waals surface area contributed by atoms with Gasteiger partial charge in [-0.3, -0.25) is 0 Å². The Morgan fingerprint density at radius 3 is 2.38 bits per heavy atom. The van der Waals surface area contributed by atoms with Gasteiger partial charge in [0.05, 0.1) is 0 Å². The van der Waals surface area contributed by atoms with Crippen molar-refractivity contribution in [3.05, 3.63) is 30.7 Å². The van der Waals surface area contributed by atoms with Crippen molar-refractivity contribution in [2.45, 2.75) is 6.36 Å². The topological polar surface area (TPSA) is 48.2 Å². The number of nitrogens with zero attached hydrogens (tertiary/aromatic N) is 2. The van der Waals surface area contributed by atoms with Crippen LogP contribution in [0.1, 0.15) is 0 Å². The van der Waals surface area contributed by atoms with Gasteiger partial charge in [-0.1, -0.05) is 5.16 Å². The van der Waals surface area contributed by atoms with Crippen molar-refractivity contribution in [2.24, 2.45) is 0 Å². The molecule has 16 heavy (non-hydrogen) atoms. The van der Waals surface area contributed by atoms with Gasteiger partial charge in [0, 0.05) is 5.56 Å². The van der Waals surface area contributed by atoms with E-state index in [1.54, 1.807) is 0 Å². The first kappa shape index (κ1) is 10.5. The van der Waals surface area contributed by atoms with E-state index in [0.29, 0.717) is 5.56 Å². The van der Waals surface area contributed by atoms with Gasteiger partial charge in [0.1, 0.15) is 5.75 Å². The third-order valence-electron chi connectivity index (χ3n) is 1.67. The Balaban J connectivity index is 2.17. The second-order valence-electron chi connectivity index (χ2n) is 2.78. The maximum atomic E-state index is 11.8. The highest BCUT2D eigenvalue weighted by Gasteiger charge is 2.30. The number of halogens is 3. The lowest BCUT2D eigenvalue weighted by Crippen LogP contribution is -2.16. The van der Waals surface area contributed by atoms with Crippen molar-refractivity contribution in [3.63, 3.8) is 0 Å². The van der Waals surface area contributed by atoms with Crippen molar-refractivity contribution in [1.82, 2.24) is 10.1 Å². The highest BCUT2D eigenvalue weighted by Crippen LogP contribution is 2.24. The summed E-state index contributed by atoms with van der Waals surface area (Å²) in [5.74, 6) is -0.0534. The summed E-state index contributed by atoms with van der Waals surface area (Å²) in [6.45, 7) is 0. The molecular weight excluding hydrogens is 225 g/mol. The second kappa shape index (κ2) is 3.84. The fourth-order valence-corrected chi connectivity index (χ4v) is 1.07. The van der Waals surface area contributed by atoms with Gasteiger partial charge < -0.3 is 9.26 Å². The SMILES string of the molecule is FC(F)(F)Oc1ccc(-c2n[c]on2)cc1. The summed E-state index contributed by atoms with van der Waals surface area (Å²) in [6, 6.07) is 5.11. The Labute approximate surface area is 87.6 Å². The molecule has 0 atom stereocenters. The molecule has 1 aromatic carbocycles. The first-order chi connectivity index (χ1) is 7.54. The van der Waals surface area contributed by atoms with E-state index in [9.17, 15) is 13.2 Å². The smallest absolute Gasteiger partial charge is 0.406 e. The minimum atomic E-state index is -4.69. The average molecular weight is 229 g/mol. The third-order valence-corrected chi connectivity index (χ3v) is 1.67. The minimum Gasteiger partial charge on any atom is -0.406 e. The van der Waals surface area contributed by atoms with E-state index >= 15 is 0 Å². The van der Waals surface area contributed by atoms with Gasteiger partial charge in [-0.2, -0.15) is 4.98 Å². The summed E-state index contributed by atoms with van der Waals surface area (Å²) in [5, 5.41) is 3.49. The zero-order valence-electron chi connectivity index (χ0n) is 7.65. The van der Waals surface area contributed by atoms with E-state index in [1.165, 1.54) is 24.3 Å². The fraction of sp³-hybridized carbons (Fsp3) is 0.111. The van der Waals surface area contributed by atoms with Crippen LogP contribution in [0.5, 0.6) is 5.75 Å². The van der Waals surface area contributed by atoms with Crippen molar-refractivity contribution >= 4 is 0 Å². The number of hydrogen-bond donors (Lipinski definition) is 0. The predicted molar refractivity (Wildman–Crippen MR) is 45.3 cm³/mol. The number of alkyl halides is 3. The summed E-state index contributed by atoms with van der Waals surface area (Å²) in [4.78, 5) is 3.62. The van der Waals surface area contributed by atoms with E-state index in [2.05, 4.69) is 25.8 Å². The Morgan fingerprint density at radius 2 is 1.88 bits per heavy atom. The highest BCUT2D eigenvalue weighted by molar-refractivity contribution is 5.55. The van der Waals surface area contributed by atoms with Gasteiger partial charge in [-0.15, -0.1) is 13.2 Å². The molecule has 1 heterocycles. The Morgan fingerprint density at radius 1 is 1.19 bits per heavy atom. The highest BCUT2D eigenvalue weighted by atomic mass is 19.4. The molecule has 0 spiro atoms. The summed E-state index contributed by atoms with van der Waals surface area (Å²) in [7, 11) is 0. The maximum absolute atomic E-state index is 11.8. The molecule has 0 aliphatic carbocycles. The van der Waals surface area contributed by atoms with Crippen LogP contribution in [0.4, 0.5) is 13.2 Å². The number of benzene rings is 1. The van der Waals surface area contributed by atoms with Crippen LogP contribution in [0.25, 0.3) is 11.4 Å². The maximum Gasteiger partial charge on any atom is 0.573 e. The van der Waals surface area contributed by atoms with Crippen LogP contribution in [-0.4, -0.2) is 16.5 Å². The van der Waals surface area contributed by atoms with Crippen LogP contribution in [0.2, 0.25) is 0 Å². The normalized spacial score (nSPS) is 11.4. The van der Waals surface area contributed by atoms with Crippen LogP contribution < -0.4 is 4.74 Å². The predicted octanol–water partition coefficient (Wildman–Crippen LogP) is 2.44. The molecule has 1 aromatic heterocycles. The molecule has 0 saturated heterocycles. The van der Waals surface area contributed by atoms with Crippen LogP contribution in [0.3, 0.4) is 0 Å². The van der Waals surface area contributed by atoms with Gasteiger partial charge in [0.25, 0.3) is 0 Å². The second-order valence-corrected chi connectivity index (χ2v) is 2.78. The van der Waals surface area contributed by atoms with Crippen molar-refractivity contribution in [1.29, 1.82) is 0 Å². The van der Waals surface area contributed by atoms with E-state index in [4.69, 9.17) is 0 Å². The van der Waals surface area contributed by atoms with Crippen molar-refractivity contribution < 1.29 is 22.4 Å². The third kappa shape index (κ3) is 2.50. The summed E-state index contributed by atoms with van der Waals surface area (Å²) in [5.41, 5.74) is 0.513. The van der Waals surface area contributed by atoms with Crippen molar-refractivity contribution in [2.75, 3.05) is 0 Å². The molecule has 83 valence electrons. The minimum absolute atomic E-state index is 0.249. The standard InChI is InChI=1S/C9H4F3N2O2/c10-9(11,12)16-7-3-1-6(2-4-7)8-13-5-15-14-8/h1-4H. The van der Waals surface area contributed by atoms with Crippen LogP contribution in [-0.2, 0) is 0 Å². The molecular formula is C9H4F3N2O2. The van der Waals surface area contributed by atoms with E-state index in [1.807, 2.05) is 0 Å². The molecule has 7 heteroatoms. The summed E-state index contributed by atoms with van der Waals surface area (Å²) < 4.78 is 43.6. The van der Waals surface area contributed by atoms with Gasteiger partial charge in [-0.05, 0) is 24.3 Å². The lowest BCUT2D eigenvalue weighted by atomic mass is 10.2. The molecule has 0 saturated carbocycles. The first-order valence-corrected chi connectivity index (χ1v) is 4.10. The molecule has 0 fully saturated rings. The van der Waals surface area contributed by atoms with Gasteiger partial charge in [-0.25, -0.2) is 0 Å². The molecule has 0 amide bonds. The lowest BCUT2D eigenvalue weighted by molar-refractivity contribution is -0.274. The lowest BCUT2D eigenvalue weighted by Gasteiger charge is -2.08. The summed E-state index contributed by atoms with van der Waals surface area (Å²) >= 11 is 0. The van der Waals surface area contributed by atoms with Gasteiger partial charge in [0.2, 0.25) is 5.82 Å². The van der Waals surface area contributed by atoms with E-state index in [0.717, 1.165) is 0 Å². The molecule has 0 aliphatic heterocycles. The number of hydrogen-bond acceptors (Lipinski definition) is 4. The molecule has 0 N–H and O–H groups in total. The van der Waals surface area contributed by atoms with Gasteiger partial charge in [0.15, 0.2) is 0 Å². The molecule has 1 radical (unpaired) electrons. The zero-order valence-corrected chi connectivity index (χ0v) is 7.65. The van der Waals surface area contributed by atoms with Crippen molar-refractivity contribution in [3.8, 4) is 17.1 Å². The molecule has 0 bridgehead atoms. The quantitative estimate of drug-likeness (QED) is 0.793. The monoisotopic (exact) mass is 229 g/mol. The molecule has 2 aromatic rings. The fourth-order valence-electron chi connectivity index (χ4n) is 1.07. The first-order valence-electron chi connectivity index (χ1n) is 4.10. The number of ether oxygens (including phenoxy) is 1. The molecule has 0 unspecified atom stereocenters. The number of rotatable bonds is 2. The largest absolute Gasteiger partial charge is 0.573 e. The Bertz CT molecular complexity index is 451. The van der Waals surface area contributed by atoms with Crippen LogP contribution in [0, 0.1) is 6.39 Å². The molecule has 2 rings (SSSR count). The van der Waals surface area contributed by atoms with Crippen LogP contribution >= 0.6 is 0 Å². The Kier molecular flexibility index (Phi) is 2.51. The number of aromatic nitrogens is 2. The average Bonchev–Trinajstić information content (AvgIpc) is 2.69. The van der Waals surface area contributed by atoms with E-state index in [-0.39, 0.29) is 11.6 Å². The summed E-state index contributed by atoms with van der Waals surface area (Å²) in [6.07, 6.45) is -2.56.